The third-order valence-corrected chi connectivity index (χ3v) is 3.30. The summed E-state index contributed by atoms with van der Waals surface area (Å²) in [5.41, 5.74) is 0.969. The Hall–Kier alpha value is -0.840. The second kappa shape index (κ2) is 8.35. The monoisotopic (exact) mass is 345 g/mol. The van der Waals surface area contributed by atoms with Crippen LogP contribution in [0.15, 0.2) is 35.3 Å². The Kier molecular flexibility index (Phi) is 7.13. The summed E-state index contributed by atoms with van der Waals surface area (Å²) in [4.78, 5) is 13.4. The van der Waals surface area contributed by atoms with Crippen LogP contribution in [-0.4, -0.2) is 30.6 Å². The molecule has 19 heavy (non-hydrogen) atoms. The number of rotatable bonds is 7. The highest BCUT2D eigenvalue weighted by Gasteiger charge is 2.12. The van der Waals surface area contributed by atoms with Crippen LogP contribution in [0.1, 0.15) is 12.5 Å². The van der Waals surface area contributed by atoms with Crippen molar-refractivity contribution in [2.45, 2.75) is 13.5 Å². The van der Waals surface area contributed by atoms with Crippen LogP contribution in [0.5, 0.6) is 0 Å². The van der Waals surface area contributed by atoms with Gasteiger partial charge in [-0.1, -0.05) is 39.7 Å². The standard InChI is InChI=1S/C14H17BrClNO2/c1-3-7-17(10-14(18)19-4-2)9-11-5-6-12(15)8-13(11)16/h3,5-6,8H,1,4,7,9-10H2,2H3. The zero-order valence-electron chi connectivity index (χ0n) is 10.9. The Labute approximate surface area is 127 Å². The zero-order chi connectivity index (χ0) is 14.3. The van der Waals surface area contributed by atoms with Gasteiger partial charge in [0, 0.05) is 22.6 Å². The summed E-state index contributed by atoms with van der Waals surface area (Å²) in [5, 5.41) is 0.673. The SMILES string of the molecule is C=CCN(CC(=O)OCC)Cc1ccc(Br)cc1Cl. The third kappa shape index (κ3) is 5.76. The number of esters is 1. The first kappa shape index (κ1) is 16.2. The molecule has 0 atom stereocenters. The largest absolute Gasteiger partial charge is 0.465 e. The first-order valence-corrected chi connectivity index (χ1v) is 7.16. The highest BCUT2D eigenvalue weighted by molar-refractivity contribution is 9.10. The summed E-state index contributed by atoms with van der Waals surface area (Å²) in [7, 11) is 0. The van der Waals surface area contributed by atoms with E-state index in [0.29, 0.717) is 24.7 Å². The minimum absolute atomic E-state index is 0.228. The van der Waals surface area contributed by atoms with Crippen molar-refractivity contribution in [3.05, 3.63) is 45.9 Å². The van der Waals surface area contributed by atoms with E-state index in [2.05, 4.69) is 22.5 Å². The van der Waals surface area contributed by atoms with Crippen molar-refractivity contribution >= 4 is 33.5 Å². The van der Waals surface area contributed by atoms with Gasteiger partial charge >= 0.3 is 5.97 Å². The number of carbonyl (C=O) groups excluding carboxylic acids is 1. The van der Waals surface area contributed by atoms with Crippen LogP contribution in [0.25, 0.3) is 0 Å². The van der Waals surface area contributed by atoms with E-state index < -0.39 is 0 Å². The van der Waals surface area contributed by atoms with Crippen molar-refractivity contribution in [3.63, 3.8) is 0 Å². The molecule has 0 radical (unpaired) electrons. The van der Waals surface area contributed by atoms with E-state index in [9.17, 15) is 4.79 Å². The van der Waals surface area contributed by atoms with Crippen molar-refractivity contribution in [1.82, 2.24) is 4.90 Å². The first-order chi connectivity index (χ1) is 9.06. The number of benzene rings is 1. The minimum Gasteiger partial charge on any atom is -0.465 e. The molecule has 0 unspecified atom stereocenters. The van der Waals surface area contributed by atoms with Crippen LogP contribution in [-0.2, 0) is 16.1 Å². The molecule has 0 saturated carbocycles. The van der Waals surface area contributed by atoms with Gasteiger partial charge in [0.2, 0.25) is 0 Å². The lowest BCUT2D eigenvalue weighted by molar-refractivity contribution is -0.144. The van der Waals surface area contributed by atoms with Crippen LogP contribution >= 0.6 is 27.5 Å². The molecule has 0 N–H and O–H groups in total. The summed E-state index contributed by atoms with van der Waals surface area (Å²) in [6.07, 6.45) is 1.76. The molecule has 0 aliphatic rings. The Morgan fingerprint density at radius 2 is 2.32 bits per heavy atom. The number of carbonyl (C=O) groups is 1. The molecule has 1 rings (SSSR count). The van der Waals surface area contributed by atoms with E-state index in [1.807, 2.05) is 23.1 Å². The number of ether oxygens (including phenoxy) is 1. The van der Waals surface area contributed by atoms with Crippen molar-refractivity contribution in [3.8, 4) is 0 Å². The molecular formula is C14H17BrClNO2. The smallest absolute Gasteiger partial charge is 0.320 e. The Morgan fingerprint density at radius 1 is 1.58 bits per heavy atom. The number of hydrogen-bond donors (Lipinski definition) is 0. The van der Waals surface area contributed by atoms with Gasteiger partial charge in [0.1, 0.15) is 0 Å². The Morgan fingerprint density at radius 3 is 2.89 bits per heavy atom. The summed E-state index contributed by atoms with van der Waals surface area (Å²) in [5.74, 6) is -0.238. The van der Waals surface area contributed by atoms with Gasteiger partial charge in [-0.25, -0.2) is 0 Å². The molecule has 0 heterocycles. The van der Waals surface area contributed by atoms with E-state index in [4.69, 9.17) is 16.3 Å². The number of hydrogen-bond acceptors (Lipinski definition) is 3. The Bertz CT molecular complexity index is 451. The second-order valence-electron chi connectivity index (χ2n) is 4.00. The maximum atomic E-state index is 11.5. The molecule has 1 aromatic carbocycles. The summed E-state index contributed by atoms with van der Waals surface area (Å²) < 4.78 is 5.88. The topological polar surface area (TPSA) is 29.5 Å². The summed E-state index contributed by atoms with van der Waals surface area (Å²) >= 11 is 9.54. The zero-order valence-corrected chi connectivity index (χ0v) is 13.2. The van der Waals surface area contributed by atoms with Crippen LogP contribution in [0.2, 0.25) is 5.02 Å². The van der Waals surface area contributed by atoms with Gasteiger partial charge in [0.15, 0.2) is 0 Å². The second-order valence-corrected chi connectivity index (χ2v) is 5.32. The molecule has 3 nitrogen and oxygen atoms in total. The fourth-order valence-electron chi connectivity index (χ4n) is 1.65. The lowest BCUT2D eigenvalue weighted by Crippen LogP contribution is -2.30. The molecule has 0 bridgehead atoms. The summed E-state index contributed by atoms with van der Waals surface area (Å²) in [6, 6.07) is 5.71. The predicted octanol–water partition coefficient (Wildman–Crippen LogP) is 3.65. The van der Waals surface area contributed by atoms with E-state index in [1.165, 1.54) is 0 Å². The van der Waals surface area contributed by atoms with E-state index in [-0.39, 0.29) is 12.5 Å². The Balaban J connectivity index is 2.71. The average molecular weight is 347 g/mol. The molecule has 0 aromatic heterocycles. The highest BCUT2D eigenvalue weighted by Crippen LogP contribution is 2.22. The molecule has 104 valence electrons. The first-order valence-electron chi connectivity index (χ1n) is 5.99. The van der Waals surface area contributed by atoms with Crippen LogP contribution in [0.4, 0.5) is 0 Å². The quantitative estimate of drug-likeness (QED) is 0.557. The van der Waals surface area contributed by atoms with Crippen molar-refractivity contribution in [2.24, 2.45) is 0 Å². The van der Waals surface area contributed by atoms with E-state index >= 15 is 0 Å². The predicted molar refractivity (Wildman–Crippen MR) is 81.3 cm³/mol. The van der Waals surface area contributed by atoms with E-state index in [0.717, 1.165) is 10.0 Å². The lowest BCUT2D eigenvalue weighted by atomic mass is 10.2. The van der Waals surface area contributed by atoms with Gasteiger partial charge < -0.3 is 4.74 Å². The molecule has 0 spiro atoms. The molecule has 1 aromatic rings. The van der Waals surface area contributed by atoms with Gasteiger partial charge in [-0.2, -0.15) is 0 Å². The highest BCUT2D eigenvalue weighted by atomic mass is 79.9. The van der Waals surface area contributed by atoms with Gasteiger partial charge in [0.25, 0.3) is 0 Å². The number of nitrogens with zero attached hydrogens (tertiary/aromatic N) is 1. The molecule has 5 heteroatoms. The fourth-order valence-corrected chi connectivity index (χ4v) is 2.38. The van der Waals surface area contributed by atoms with Gasteiger partial charge in [-0.05, 0) is 24.6 Å². The minimum atomic E-state index is -0.238. The number of halogens is 2. The fraction of sp³-hybridized carbons (Fsp3) is 0.357. The van der Waals surface area contributed by atoms with Gasteiger partial charge in [-0.15, -0.1) is 6.58 Å². The molecule has 0 aliphatic heterocycles. The molecule has 0 amide bonds. The third-order valence-electron chi connectivity index (χ3n) is 2.45. The molecular weight excluding hydrogens is 330 g/mol. The maximum absolute atomic E-state index is 11.5. The maximum Gasteiger partial charge on any atom is 0.320 e. The van der Waals surface area contributed by atoms with Crippen LogP contribution in [0.3, 0.4) is 0 Å². The molecule has 0 fully saturated rings. The van der Waals surface area contributed by atoms with Crippen LogP contribution in [0, 0.1) is 0 Å². The van der Waals surface area contributed by atoms with Crippen LogP contribution < -0.4 is 0 Å². The normalized spacial score (nSPS) is 10.5. The molecule has 0 aliphatic carbocycles. The lowest BCUT2D eigenvalue weighted by Gasteiger charge is -2.20. The average Bonchev–Trinajstić information content (AvgIpc) is 2.33. The molecule has 0 saturated heterocycles. The van der Waals surface area contributed by atoms with Gasteiger partial charge in [0.05, 0.1) is 13.2 Å². The van der Waals surface area contributed by atoms with Gasteiger partial charge in [-0.3, -0.25) is 9.69 Å². The van der Waals surface area contributed by atoms with Crippen molar-refractivity contribution < 1.29 is 9.53 Å². The van der Waals surface area contributed by atoms with Crippen molar-refractivity contribution in [2.75, 3.05) is 19.7 Å². The van der Waals surface area contributed by atoms with E-state index in [1.54, 1.807) is 13.0 Å². The van der Waals surface area contributed by atoms with Crippen molar-refractivity contribution in [1.29, 1.82) is 0 Å². The summed E-state index contributed by atoms with van der Waals surface area (Å²) in [6.45, 7) is 7.29.